The zero-order valence-electron chi connectivity index (χ0n) is 12.0. The maximum absolute atomic E-state index is 12.1. The van der Waals surface area contributed by atoms with Gasteiger partial charge in [-0.1, -0.05) is 0 Å². The van der Waals surface area contributed by atoms with Crippen LogP contribution in [0.5, 0.6) is 0 Å². The maximum atomic E-state index is 12.1. The number of aliphatic hydroxyl groups is 1. The van der Waals surface area contributed by atoms with Gasteiger partial charge in [0.15, 0.2) is 11.5 Å². The molecule has 8 nitrogen and oxygen atoms in total. The molecule has 3 aliphatic rings. The van der Waals surface area contributed by atoms with Crippen LogP contribution >= 0.6 is 19.0 Å². The fourth-order valence-electron chi connectivity index (χ4n) is 4.96. The number of hydrogen-bond donors (Lipinski definition) is 3. The molecule has 1 spiro atoms. The number of aromatic nitrogens is 4. The van der Waals surface area contributed by atoms with Crippen LogP contribution < -0.4 is 5.73 Å². The standard InChI is InChI=1S/C13H15ClN5O3P/c14-12-17-10(15)7-11(18-12)19(4-16-7)8-5-1-13(5)3-23(21,22)2-6(13)9(8)20/h4-6,8-9,20H,1-3H2,(H,21,22)(H2,15,17,18)/t5-,6+,8-,9-,13?/m1/s1. The van der Waals surface area contributed by atoms with E-state index in [4.69, 9.17) is 17.3 Å². The van der Waals surface area contributed by atoms with Crippen LogP contribution in [0.15, 0.2) is 6.33 Å². The average Bonchev–Trinajstić information content (AvgIpc) is 2.74. The molecule has 0 amide bonds. The zero-order chi connectivity index (χ0) is 16.1. The highest BCUT2D eigenvalue weighted by Gasteiger charge is 2.76. The van der Waals surface area contributed by atoms with Crippen molar-refractivity contribution in [3.05, 3.63) is 11.6 Å². The van der Waals surface area contributed by atoms with E-state index >= 15 is 0 Å². The van der Waals surface area contributed by atoms with E-state index in [2.05, 4.69) is 15.0 Å². The van der Waals surface area contributed by atoms with Crippen LogP contribution in [0.4, 0.5) is 5.82 Å². The van der Waals surface area contributed by atoms with Gasteiger partial charge < -0.3 is 20.3 Å². The predicted molar refractivity (Wildman–Crippen MR) is 83.4 cm³/mol. The lowest BCUT2D eigenvalue weighted by atomic mass is 9.92. The molecule has 0 radical (unpaired) electrons. The molecular weight excluding hydrogens is 341 g/mol. The molecule has 4 N–H and O–H groups in total. The Labute approximate surface area is 136 Å². The van der Waals surface area contributed by atoms with Crippen LogP contribution in [0, 0.1) is 17.3 Å². The van der Waals surface area contributed by atoms with Gasteiger partial charge in [0.25, 0.3) is 0 Å². The van der Waals surface area contributed by atoms with Gasteiger partial charge in [-0.05, 0) is 29.4 Å². The van der Waals surface area contributed by atoms with Gasteiger partial charge in [0.2, 0.25) is 12.7 Å². The number of hydrogen-bond acceptors (Lipinski definition) is 6. The second-order valence-electron chi connectivity index (χ2n) is 7.02. The molecule has 0 bridgehead atoms. The van der Waals surface area contributed by atoms with Gasteiger partial charge in [-0.25, -0.2) is 4.98 Å². The second-order valence-corrected chi connectivity index (χ2v) is 9.73. The summed E-state index contributed by atoms with van der Waals surface area (Å²) in [7, 11) is -3.10. The fraction of sp³-hybridized carbons (Fsp3) is 0.615. The minimum atomic E-state index is -3.10. The quantitative estimate of drug-likeness (QED) is 0.512. The summed E-state index contributed by atoms with van der Waals surface area (Å²) in [6.45, 7) is 0. The van der Waals surface area contributed by atoms with E-state index in [1.807, 2.05) is 4.57 Å². The first-order valence-electron chi connectivity index (χ1n) is 7.47. The van der Waals surface area contributed by atoms with Crippen molar-refractivity contribution in [3.63, 3.8) is 0 Å². The van der Waals surface area contributed by atoms with Gasteiger partial charge in [-0.2, -0.15) is 9.97 Å². The number of halogens is 1. The Kier molecular flexibility index (Phi) is 2.50. The summed E-state index contributed by atoms with van der Waals surface area (Å²) in [4.78, 5) is 22.3. The first-order chi connectivity index (χ1) is 10.8. The third-order valence-electron chi connectivity index (χ3n) is 5.86. The number of aliphatic hydroxyl groups excluding tert-OH is 1. The molecule has 1 aliphatic heterocycles. The largest absolute Gasteiger partial charge is 0.391 e. The van der Waals surface area contributed by atoms with Crippen molar-refractivity contribution in [2.24, 2.45) is 17.3 Å². The molecule has 10 heteroatoms. The molecule has 2 aliphatic carbocycles. The predicted octanol–water partition coefficient (Wildman–Crippen LogP) is 0.884. The van der Waals surface area contributed by atoms with Crippen molar-refractivity contribution in [1.29, 1.82) is 0 Å². The van der Waals surface area contributed by atoms with Crippen LogP contribution in [0.2, 0.25) is 5.28 Å². The van der Waals surface area contributed by atoms with Crippen molar-refractivity contribution in [3.8, 4) is 0 Å². The van der Waals surface area contributed by atoms with Crippen molar-refractivity contribution in [1.82, 2.24) is 19.5 Å². The SMILES string of the molecule is Nc1nc(Cl)nc2c1ncn2[C@H]1[C@H](O)[C@@H]2CP(=O)(O)CC23C[C@H]13. The monoisotopic (exact) mass is 355 g/mol. The van der Waals surface area contributed by atoms with Gasteiger partial charge in [0.1, 0.15) is 5.52 Å². The summed E-state index contributed by atoms with van der Waals surface area (Å²) in [6.07, 6.45) is 2.28. The molecule has 3 fully saturated rings. The number of nitrogens with zero attached hydrogens (tertiary/aromatic N) is 4. The Morgan fingerprint density at radius 2 is 2.22 bits per heavy atom. The first-order valence-corrected chi connectivity index (χ1v) is 9.88. The summed E-state index contributed by atoms with van der Waals surface area (Å²) in [5, 5.41) is 10.8. The third-order valence-corrected chi connectivity index (χ3v) is 8.07. The topological polar surface area (TPSA) is 127 Å². The number of nitrogen functional groups attached to an aromatic ring is 1. The highest BCUT2D eigenvalue weighted by Crippen LogP contribution is 2.79. The Morgan fingerprint density at radius 3 is 2.96 bits per heavy atom. The summed E-state index contributed by atoms with van der Waals surface area (Å²) in [5.74, 6) is 0.232. The van der Waals surface area contributed by atoms with Crippen LogP contribution in [0.25, 0.3) is 11.2 Å². The van der Waals surface area contributed by atoms with Crippen molar-refractivity contribution < 1.29 is 14.6 Å². The molecule has 1 saturated heterocycles. The highest BCUT2D eigenvalue weighted by atomic mass is 35.5. The average molecular weight is 356 g/mol. The number of imidazole rings is 1. The van der Waals surface area contributed by atoms with E-state index in [1.54, 1.807) is 6.33 Å². The van der Waals surface area contributed by atoms with E-state index in [1.165, 1.54) is 0 Å². The molecule has 3 heterocycles. The van der Waals surface area contributed by atoms with E-state index in [9.17, 15) is 14.6 Å². The molecular formula is C13H15ClN5O3P. The van der Waals surface area contributed by atoms with E-state index in [-0.39, 0.29) is 40.6 Å². The smallest absolute Gasteiger partial charge is 0.226 e. The lowest BCUT2D eigenvalue weighted by Gasteiger charge is -2.24. The van der Waals surface area contributed by atoms with Gasteiger partial charge >= 0.3 is 0 Å². The minimum Gasteiger partial charge on any atom is -0.391 e. The lowest BCUT2D eigenvalue weighted by Crippen LogP contribution is -2.29. The first kappa shape index (κ1) is 14.2. The molecule has 2 unspecified atom stereocenters. The van der Waals surface area contributed by atoms with Gasteiger partial charge in [0.05, 0.1) is 18.5 Å². The van der Waals surface area contributed by atoms with E-state index in [0.29, 0.717) is 17.3 Å². The van der Waals surface area contributed by atoms with Crippen LogP contribution in [-0.4, -0.2) is 47.9 Å². The van der Waals surface area contributed by atoms with Gasteiger partial charge in [-0.15, -0.1) is 0 Å². The Hall–Kier alpha value is -1.21. The van der Waals surface area contributed by atoms with Gasteiger partial charge in [-0.3, -0.25) is 4.57 Å². The molecule has 2 aromatic rings. The molecule has 2 saturated carbocycles. The molecule has 2 aromatic heterocycles. The number of nitrogens with two attached hydrogens (primary N) is 1. The highest BCUT2D eigenvalue weighted by molar-refractivity contribution is 7.58. The lowest BCUT2D eigenvalue weighted by molar-refractivity contribution is 0.0769. The van der Waals surface area contributed by atoms with Crippen molar-refractivity contribution >= 4 is 36.0 Å². The Morgan fingerprint density at radius 1 is 1.43 bits per heavy atom. The van der Waals surface area contributed by atoms with Gasteiger partial charge in [0, 0.05) is 18.2 Å². The molecule has 5 rings (SSSR count). The van der Waals surface area contributed by atoms with E-state index < -0.39 is 13.5 Å². The van der Waals surface area contributed by atoms with Crippen LogP contribution in [-0.2, 0) is 4.57 Å². The molecule has 122 valence electrons. The fourth-order valence-corrected chi connectivity index (χ4v) is 7.97. The number of fused-ring (bicyclic) bond motifs is 1. The Bertz CT molecular complexity index is 901. The maximum Gasteiger partial charge on any atom is 0.226 e. The number of rotatable bonds is 1. The summed E-state index contributed by atoms with van der Waals surface area (Å²) in [5.41, 5.74) is 6.59. The molecule has 0 aromatic carbocycles. The number of anilines is 1. The van der Waals surface area contributed by atoms with E-state index in [0.717, 1.165) is 6.42 Å². The zero-order valence-corrected chi connectivity index (χ0v) is 13.7. The summed E-state index contributed by atoms with van der Waals surface area (Å²) in [6, 6.07) is -0.212. The normalized spacial score (nSPS) is 44.5. The van der Waals surface area contributed by atoms with Crippen LogP contribution in [0.3, 0.4) is 0 Å². The summed E-state index contributed by atoms with van der Waals surface area (Å²) >= 11 is 5.90. The van der Waals surface area contributed by atoms with Crippen molar-refractivity contribution in [2.45, 2.75) is 18.6 Å². The minimum absolute atomic E-state index is 0.0369. The second kappa shape index (κ2) is 4.06. The summed E-state index contributed by atoms with van der Waals surface area (Å²) < 4.78 is 13.9. The third kappa shape index (κ3) is 1.70. The molecule has 23 heavy (non-hydrogen) atoms. The van der Waals surface area contributed by atoms with Crippen LogP contribution in [0.1, 0.15) is 12.5 Å². The molecule has 6 atom stereocenters. The Balaban J connectivity index is 1.62. The van der Waals surface area contributed by atoms with Crippen molar-refractivity contribution in [2.75, 3.05) is 18.1 Å².